The highest BCUT2D eigenvalue weighted by Crippen LogP contribution is 2.18. The number of ether oxygens (including phenoxy) is 2. The lowest BCUT2D eigenvalue weighted by molar-refractivity contribution is -0.139. The van der Waals surface area contributed by atoms with Gasteiger partial charge in [0.15, 0.2) is 0 Å². The molecule has 190 valence electrons. The van der Waals surface area contributed by atoms with Crippen LogP contribution in [0.2, 0.25) is 0 Å². The molecule has 0 saturated carbocycles. The minimum absolute atomic E-state index is 0.130. The molecular formula is C28H27N3O6. The molecule has 3 aromatic carbocycles. The summed E-state index contributed by atoms with van der Waals surface area (Å²) in [4.78, 5) is 53.2. The smallest absolute Gasteiger partial charge is 0.329 e. The number of carbonyl (C=O) groups is 2. The van der Waals surface area contributed by atoms with Gasteiger partial charge in [-0.2, -0.15) is 0 Å². The van der Waals surface area contributed by atoms with E-state index in [0.29, 0.717) is 23.2 Å². The van der Waals surface area contributed by atoms with Crippen LogP contribution in [0.1, 0.15) is 40.0 Å². The second-order valence-electron chi connectivity index (χ2n) is 8.57. The summed E-state index contributed by atoms with van der Waals surface area (Å²) in [7, 11) is 2.91. The number of nitrogens with zero attached hydrogens (tertiary/aromatic N) is 1. The molecule has 9 nitrogen and oxygen atoms in total. The van der Waals surface area contributed by atoms with E-state index in [-0.39, 0.29) is 23.7 Å². The minimum atomic E-state index is -0.583. The van der Waals surface area contributed by atoms with Crippen molar-refractivity contribution in [3.63, 3.8) is 0 Å². The fourth-order valence-electron chi connectivity index (χ4n) is 4.05. The Hall–Kier alpha value is -4.66. The lowest BCUT2D eigenvalue weighted by Crippen LogP contribution is -2.37. The average molecular weight is 502 g/mol. The molecule has 1 unspecified atom stereocenters. The summed E-state index contributed by atoms with van der Waals surface area (Å²) in [5.41, 5.74) is 1.96. The Balaban J connectivity index is 1.58. The van der Waals surface area contributed by atoms with Crippen molar-refractivity contribution in [2.75, 3.05) is 14.2 Å². The molecule has 1 atom stereocenters. The summed E-state index contributed by atoms with van der Waals surface area (Å²) in [6, 6.07) is 18.4. The van der Waals surface area contributed by atoms with E-state index in [1.165, 1.54) is 13.2 Å². The Morgan fingerprint density at radius 1 is 0.946 bits per heavy atom. The molecule has 0 bridgehead atoms. The third kappa shape index (κ3) is 5.61. The largest absolute Gasteiger partial charge is 0.497 e. The zero-order valence-electron chi connectivity index (χ0n) is 20.7. The number of hydrogen-bond donors (Lipinski definition) is 2. The minimum Gasteiger partial charge on any atom is -0.497 e. The number of fused-ring (bicyclic) bond motifs is 1. The third-order valence-electron chi connectivity index (χ3n) is 6.23. The predicted molar refractivity (Wildman–Crippen MR) is 139 cm³/mol. The van der Waals surface area contributed by atoms with E-state index in [4.69, 9.17) is 4.74 Å². The number of esters is 1. The lowest BCUT2D eigenvalue weighted by atomic mass is 10.0. The number of hydrogen-bond acceptors (Lipinski definition) is 6. The van der Waals surface area contributed by atoms with Crippen LogP contribution in [0.4, 0.5) is 0 Å². The lowest BCUT2D eigenvalue weighted by Gasteiger charge is -2.16. The van der Waals surface area contributed by atoms with Gasteiger partial charge in [0.2, 0.25) is 0 Å². The Bertz CT molecular complexity index is 1550. The van der Waals surface area contributed by atoms with Crippen molar-refractivity contribution in [2.24, 2.45) is 0 Å². The fraction of sp³-hybridized carbons (Fsp3) is 0.214. The molecule has 1 heterocycles. The van der Waals surface area contributed by atoms with Crippen LogP contribution >= 0.6 is 0 Å². The third-order valence-corrected chi connectivity index (χ3v) is 6.23. The van der Waals surface area contributed by atoms with Crippen molar-refractivity contribution in [1.29, 1.82) is 0 Å². The molecule has 0 aliphatic rings. The zero-order valence-corrected chi connectivity index (χ0v) is 20.7. The first-order valence-electron chi connectivity index (χ1n) is 11.7. The van der Waals surface area contributed by atoms with Gasteiger partial charge in [-0.1, -0.05) is 36.4 Å². The fourth-order valence-corrected chi connectivity index (χ4v) is 4.05. The molecule has 0 spiro atoms. The molecule has 1 aromatic heterocycles. The zero-order chi connectivity index (χ0) is 26.5. The molecule has 2 N–H and O–H groups in total. The molecule has 4 rings (SSSR count). The van der Waals surface area contributed by atoms with E-state index in [1.807, 2.05) is 24.3 Å². The van der Waals surface area contributed by atoms with Crippen molar-refractivity contribution >= 4 is 22.8 Å². The van der Waals surface area contributed by atoms with E-state index in [1.54, 1.807) is 50.4 Å². The van der Waals surface area contributed by atoms with Gasteiger partial charge in [0, 0.05) is 12.1 Å². The monoisotopic (exact) mass is 501 g/mol. The van der Waals surface area contributed by atoms with Gasteiger partial charge in [-0.25, -0.2) is 4.79 Å². The number of H-pyrrole nitrogens is 1. The van der Waals surface area contributed by atoms with Crippen LogP contribution in [0, 0.1) is 0 Å². The van der Waals surface area contributed by atoms with E-state index >= 15 is 0 Å². The van der Waals surface area contributed by atoms with Gasteiger partial charge in [-0.3, -0.25) is 19.0 Å². The average Bonchev–Trinajstić information content (AvgIpc) is 2.92. The number of amides is 1. The van der Waals surface area contributed by atoms with Crippen LogP contribution in [0.5, 0.6) is 5.75 Å². The highest BCUT2D eigenvalue weighted by Gasteiger charge is 2.17. The normalized spacial score (nSPS) is 11.6. The molecule has 9 heteroatoms. The number of rotatable bonds is 8. The second kappa shape index (κ2) is 10.9. The van der Waals surface area contributed by atoms with Crippen LogP contribution in [0.3, 0.4) is 0 Å². The molecule has 0 aliphatic heterocycles. The first kappa shape index (κ1) is 25.4. The van der Waals surface area contributed by atoms with E-state index in [2.05, 4.69) is 15.0 Å². The highest BCUT2D eigenvalue weighted by atomic mass is 16.5. The van der Waals surface area contributed by atoms with Crippen LogP contribution in [-0.2, 0) is 22.5 Å². The van der Waals surface area contributed by atoms with Crippen LogP contribution in [0.15, 0.2) is 76.3 Å². The van der Waals surface area contributed by atoms with Gasteiger partial charge < -0.3 is 19.8 Å². The second-order valence-corrected chi connectivity index (χ2v) is 8.57. The van der Waals surface area contributed by atoms with E-state index in [9.17, 15) is 19.2 Å². The summed E-state index contributed by atoms with van der Waals surface area (Å²) < 4.78 is 10.9. The maximum absolute atomic E-state index is 13.4. The summed E-state index contributed by atoms with van der Waals surface area (Å²) in [5, 5.41) is 3.07. The molecular weight excluding hydrogens is 474 g/mol. The number of carbonyl (C=O) groups excluding carboxylic acids is 2. The summed E-state index contributed by atoms with van der Waals surface area (Å²) in [6.45, 7) is 2.04. The molecule has 37 heavy (non-hydrogen) atoms. The van der Waals surface area contributed by atoms with E-state index < -0.39 is 17.3 Å². The van der Waals surface area contributed by atoms with Crippen LogP contribution in [0.25, 0.3) is 10.9 Å². The van der Waals surface area contributed by atoms with Crippen molar-refractivity contribution in [3.05, 3.63) is 110 Å². The number of methoxy groups -OCH3 is 2. The van der Waals surface area contributed by atoms with Crippen LogP contribution in [-0.4, -0.2) is 35.6 Å². The molecule has 1 amide bonds. The number of nitrogens with one attached hydrogen (secondary N) is 2. The summed E-state index contributed by atoms with van der Waals surface area (Å²) in [6.07, 6.45) is 0.130. The first-order chi connectivity index (χ1) is 17.8. The van der Waals surface area contributed by atoms with Gasteiger partial charge >= 0.3 is 11.7 Å². The quantitative estimate of drug-likeness (QED) is 0.358. The predicted octanol–water partition coefficient (Wildman–Crippen LogP) is 2.95. The van der Waals surface area contributed by atoms with Crippen molar-refractivity contribution < 1.29 is 19.1 Å². The van der Waals surface area contributed by atoms with Gasteiger partial charge in [0.25, 0.3) is 11.5 Å². The SMILES string of the molecule is COC(=O)Cc1ccc(C(C)n2c(=O)[nH]c3ccc(C(=O)NCc4ccc(OC)cc4)cc3c2=O)cc1. The molecule has 0 aliphatic carbocycles. The van der Waals surface area contributed by atoms with Crippen LogP contribution < -0.4 is 21.3 Å². The Morgan fingerprint density at radius 3 is 2.27 bits per heavy atom. The number of aromatic nitrogens is 2. The molecule has 0 radical (unpaired) electrons. The number of benzene rings is 3. The first-order valence-corrected chi connectivity index (χ1v) is 11.7. The number of aromatic amines is 1. The maximum atomic E-state index is 13.4. The summed E-state index contributed by atoms with van der Waals surface area (Å²) in [5.74, 6) is 0.0252. The standard InChI is InChI=1S/C28H27N3O6/c1-17(20-8-4-18(5-9-20)14-25(32)37-3)31-27(34)23-15-21(10-13-24(23)30-28(31)35)26(33)29-16-19-6-11-22(36-2)12-7-19/h4-13,15,17H,14,16H2,1-3H3,(H,29,33)(H,30,35). The maximum Gasteiger partial charge on any atom is 0.329 e. The van der Waals surface area contributed by atoms with Gasteiger partial charge in [-0.05, 0) is 53.9 Å². The summed E-state index contributed by atoms with van der Waals surface area (Å²) >= 11 is 0. The van der Waals surface area contributed by atoms with Crippen molar-refractivity contribution in [3.8, 4) is 5.75 Å². The Morgan fingerprint density at radius 2 is 1.62 bits per heavy atom. The molecule has 0 fully saturated rings. The van der Waals surface area contributed by atoms with Gasteiger partial charge in [0.1, 0.15) is 5.75 Å². The van der Waals surface area contributed by atoms with E-state index in [0.717, 1.165) is 21.4 Å². The van der Waals surface area contributed by atoms with Crippen molar-refractivity contribution in [1.82, 2.24) is 14.9 Å². The Labute approximate surface area is 212 Å². The van der Waals surface area contributed by atoms with Crippen molar-refractivity contribution in [2.45, 2.75) is 25.9 Å². The van der Waals surface area contributed by atoms with Gasteiger partial charge in [0.05, 0.1) is 37.6 Å². The topological polar surface area (TPSA) is 119 Å². The molecule has 4 aromatic rings. The van der Waals surface area contributed by atoms with Gasteiger partial charge in [-0.15, -0.1) is 0 Å². The molecule has 0 saturated heterocycles. The Kier molecular flexibility index (Phi) is 7.52. The highest BCUT2D eigenvalue weighted by molar-refractivity contribution is 5.97.